The van der Waals surface area contributed by atoms with Crippen LogP contribution >= 0.6 is 24.8 Å². The second-order valence-electron chi connectivity index (χ2n) is 7.11. The molecule has 0 bridgehead atoms. The summed E-state index contributed by atoms with van der Waals surface area (Å²) in [7, 11) is 0. The van der Waals surface area contributed by atoms with Crippen LogP contribution in [0, 0.1) is 5.92 Å². The highest BCUT2D eigenvalue weighted by Crippen LogP contribution is 2.17. The van der Waals surface area contributed by atoms with Crippen molar-refractivity contribution < 1.29 is 9.59 Å². The summed E-state index contributed by atoms with van der Waals surface area (Å²) < 4.78 is 0. The Labute approximate surface area is 163 Å². The average Bonchev–Trinajstić information content (AvgIpc) is 3.15. The van der Waals surface area contributed by atoms with Crippen LogP contribution < -0.4 is 5.32 Å². The van der Waals surface area contributed by atoms with Gasteiger partial charge in [-0.2, -0.15) is 0 Å². The molecule has 6 nitrogen and oxygen atoms in total. The summed E-state index contributed by atoms with van der Waals surface area (Å²) in [6.45, 7) is 8.84. The van der Waals surface area contributed by atoms with E-state index >= 15 is 0 Å². The Hall–Kier alpha value is -0.560. The Balaban J connectivity index is 0.00000156. The summed E-state index contributed by atoms with van der Waals surface area (Å²) in [4.78, 5) is 31.3. The van der Waals surface area contributed by atoms with Gasteiger partial charge in [0.2, 0.25) is 11.8 Å². The maximum atomic E-state index is 12.6. The van der Waals surface area contributed by atoms with Gasteiger partial charge in [0.25, 0.3) is 0 Å². The summed E-state index contributed by atoms with van der Waals surface area (Å²) in [6, 6.07) is -0.0540. The van der Waals surface area contributed by atoms with E-state index in [2.05, 4.69) is 10.2 Å². The van der Waals surface area contributed by atoms with E-state index in [1.165, 1.54) is 0 Å². The molecule has 0 saturated carbocycles. The second-order valence-corrected chi connectivity index (χ2v) is 7.11. The van der Waals surface area contributed by atoms with Gasteiger partial charge in [0.1, 0.15) is 0 Å². The molecule has 1 N–H and O–H groups in total. The molecule has 0 radical (unpaired) electrons. The first-order chi connectivity index (χ1) is 11.2. The Morgan fingerprint density at radius 1 is 0.920 bits per heavy atom. The van der Waals surface area contributed by atoms with Gasteiger partial charge < -0.3 is 15.1 Å². The van der Waals surface area contributed by atoms with E-state index in [-0.39, 0.29) is 42.7 Å². The molecule has 2 amide bonds. The molecule has 0 aromatic carbocycles. The smallest absolute Gasteiger partial charge is 0.239 e. The molecule has 8 heteroatoms. The van der Waals surface area contributed by atoms with Crippen molar-refractivity contribution in [3.8, 4) is 0 Å². The number of piperazine rings is 1. The van der Waals surface area contributed by atoms with Gasteiger partial charge in [0.15, 0.2) is 0 Å². The monoisotopic (exact) mass is 394 g/mol. The number of carbonyl (C=O) groups excluding carboxylic acids is 2. The van der Waals surface area contributed by atoms with E-state index < -0.39 is 0 Å². The zero-order valence-corrected chi connectivity index (χ0v) is 16.7. The molecule has 0 aromatic rings. The van der Waals surface area contributed by atoms with Crippen LogP contribution in [-0.2, 0) is 9.59 Å². The van der Waals surface area contributed by atoms with E-state index in [9.17, 15) is 9.59 Å². The number of rotatable bonds is 3. The van der Waals surface area contributed by atoms with Gasteiger partial charge >= 0.3 is 0 Å². The number of halogens is 2. The quantitative estimate of drug-likeness (QED) is 0.774. The number of amides is 2. The topological polar surface area (TPSA) is 55.9 Å². The summed E-state index contributed by atoms with van der Waals surface area (Å²) >= 11 is 0. The highest BCUT2D eigenvalue weighted by atomic mass is 35.5. The minimum Gasteiger partial charge on any atom is -0.341 e. The molecule has 0 aromatic heterocycles. The standard InChI is InChI=1S/C17H30N4O2.2ClH/c1-14(16(22)20-7-2-3-8-20)19-9-11-21(12-10-19)17(23)15-5-4-6-18-13-15;;/h14-15,18H,2-13H2,1H3;2*1H. The highest BCUT2D eigenvalue weighted by Gasteiger charge is 2.32. The van der Waals surface area contributed by atoms with Crippen LogP contribution in [0.1, 0.15) is 32.6 Å². The van der Waals surface area contributed by atoms with E-state index in [0.717, 1.165) is 78.0 Å². The van der Waals surface area contributed by atoms with Crippen molar-refractivity contribution in [2.45, 2.75) is 38.6 Å². The predicted molar refractivity (Wildman–Crippen MR) is 104 cm³/mol. The van der Waals surface area contributed by atoms with Crippen LogP contribution in [-0.4, -0.2) is 84.9 Å². The molecule has 25 heavy (non-hydrogen) atoms. The molecular formula is C17H32Cl2N4O2. The Morgan fingerprint density at radius 2 is 1.56 bits per heavy atom. The first kappa shape index (κ1) is 22.5. The fourth-order valence-electron chi connectivity index (χ4n) is 4.01. The third-order valence-electron chi connectivity index (χ3n) is 5.59. The van der Waals surface area contributed by atoms with Crippen LogP contribution in [0.15, 0.2) is 0 Å². The van der Waals surface area contributed by atoms with E-state index in [0.29, 0.717) is 5.91 Å². The minimum absolute atomic E-state index is 0. The summed E-state index contributed by atoms with van der Waals surface area (Å²) in [5, 5.41) is 3.32. The normalized spacial score (nSPS) is 25.7. The second kappa shape index (κ2) is 10.6. The molecule has 3 rings (SSSR count). The van der Waals surface area contributed by atoms with Crippen LogP contribution in [0.4, 0.5) is 0 Å². The van der Waals surface area contributed by atoms with Crippen LogP contribution in [0.2, 0.25) is 0 Å². The zero-order valence-electron chi connectivity index (χ0n) is 15.1. The minimum atomic E-state index is -0.0540. The van der Waals surface area contributed by atoms with Gasteiger partial charge in [-0.15, -0.1) is 24.8 Å². The number of nitrogens with zero attached hydrogens (tertiary/aromatic N) is 3. The van der Waals surface area contributed by atoms with Gasteiger partial charge in [-0.25, -0.2) is 0 Å². The molecule has 3 saturated heterocycles. The third-order valence-corrected chi connectivity index (χ3v) is 5.59. The van der Waals surface area contributed by atoms with Gasteiger partial charge in [0, 0.05) is 45.8 Å². The van der Waals surface area contributed by atoms with Crippen molar-refractivity contribution in [2.24, 2.45) is 5.92 Å². The zero-order chi connectivity index (χ0) is 16.2. The van der Waals surface area contributed by atoms with Gasteiger partial charge in [-0.1, -0.05) is 0 Å². The summed E-state index contributed by atoms with van der Waals surface area (Å²) in [6.07, 6.45) is 4.37. The van der Waals surface area contributed by atoms with Crippen molar-refractivity contribution in [2.75, 3.05) is 52.4 Å². The number of likely N-dealkylation sites (tertiary alicyclic amines) is 1. The van der Waals surface area contributed by atoms with Crippen molar-refractivity contribution in [1.29, 1.82) is 0 Å². The van der Waals surface area contributed by atoms with Crippen LogP contribution in [0.3, 0.4) is 0 Å². The molecule has 3 aliphatic rings. The largest absolute Gasteiger partial charge is 0.341 e. The third kappa shape index (κ3) is 5.46. The highest BCUT2D eigenvalue weighted by molar-refractivity contribution is 5.85. The van der Waals surface area contributed by atoms with E-state index in [1.54, 1.807) is 0 Å². The van der Waals surface area contributed by atoms with Gasteiger partial charge in [-0.05, 0) is 39.2 Å². The molecule has 3 heterocycles. The average molecular weight is 395 g/mol. The van der Waals surface area contributed by atoms with Crippen molar-refractivity contribution in [3.63, 3.8) is 0 Å². The lowest BCUT2D eigenvalue weighted by molar-refractivity contribution is -0.140. The predicted octanol–water partition coefficient (Wildman–Crippen LogP) is 0.985. The lowest BCUT2D eigenvalue weighted by atomic mass is 9.98. The molecule has 2 unspecified atom stereocenters. The molecule has 0 aliphatic carbocycles. The number of nitrogens with one attached hydrogen (secondary N) is 1. The lowest BCUT2D eigenvalue weighted by Gasteiger charge is -2.40. The lowest BCUT2D eigenvalue weighted by Crippen LogP contribution is -2.56. The number of hydrogen-bond acceptors (Lipinski definition) is 4. The Morgan fingerprint density at radius 3 is 2.12 bits per heavy atom. The fraction of sp³-hybridized carbons (Fsp3) is 0.882. The van der Waals surface area contributed by atoms with E-state index in [1.807, 2.05) is 16.7 Å². The maximum Gasteiger partial charge on any atom is 0.239 e. The maximum absolute atomic E-state index is 12.6. The van der Waals surface area contributed by atoms with Gasteiger partial charge in [0.05, 0.1) is 12.0 Å². The molecule has 3 fully saturated rings. The van der Waals surface area contributed by atoms with Crippen LogP contribution in [0.25, 0.3) is 0 Å². The molecular weight excluding hydrogens is 363 g/mol. The van der Waals surface area contributed by atoms with Crippen LogP contribution in [0.5, 0.6) is 0 Å². The SMILES string of the molecule is CC(C(=O)N1CCCC1)N1CCN(C(=O)C2CCCNC2)CC1.Cl.Cl. The van der Waals surface area contributed by atoms with Gasteiger partial charge in [-0.3, -0.25) is 14.5 Å². The Bertz CT molecular complexity index is 432. The molecule has 146 valence electrons. The van der Waals surface area contributed by atoms with E-state index in [4.69, 9.17) is 0 Å². The molecule has 3 aliphatic heterocycles. The molecule has 2 atom stereocenters. The van der Waals surface area contributed by atoms with Crippen molar-refractivity contribution >= 4 is 36.6 Å². The first-order valence-corrected chi connectivity index (χ1v) is 9.19. The first-order valence-electron chi connectivity index (χ1n) is 9.19. The van der Waals surface area contributed by atoms with Crippen molar-refractivity contribution in [1.82, 2.24) is 20.0 Å². The fourth-order valence-corrected chi connectivity index (χ4v) is 4.01. The summed E-state index contributed by atoms with van der Waals surface area (Å²) in [5.41, 5.74) is 0. The van der Waals surface area contributed by atoms with Crippen molar-refractivity contribution in [3.05, 3.63) is 0 Å². The Kier molecular flexibility index (Phi) is 9.49. The number of piperidine rings is 1. The number of hydrogen-bond donors (Lipinski definition) is 1. The molecule has 0 spiro atoms. The summed E-state index contributed by atoms with van der Waals surface area (Å²) in [5.74, 6) is 0.716. The number of carbonyl (C=O) groups is 2.